The minimum absolute atomic E-state index is 0. The summed E-state index contributed by atoms with van der Waals surface area (Å²) in [5.41, 5.74) is 5.84. The molecule has 2 N–H and O–H groups in total. The number of carbonyl (C=O) groups excluding carboxylic acids is 5. The fourth-order valence-electron chi connectivity index (χ4n) is 18.4. The first-order valence-corrected chi connectivity index (χ1v) is 30.7. The normalized spacial score (nSPS) is 37.6. The van der Waals surface area contributed by atoms with Gasteiger partial charge in [-0.1, -0.05) is 64.0 Å². The van der Waals surface area contributed by atoms with E-state index in [-0.39, 0.29) is 110 Å². The van der Waals surface area contributed by atoms with Crippen LogP contribution in [0.2, 0.25) is 0 Å². The largest absolute Gasteiger partial charge is 0.451 e. The smallest absolute Gasteiger partial charge is 0.446 e. The number of esters is 1. The second-order valence-electron chi connectivity index (χ2n) is 25.5. The molecule has 7 saturated carbocycles. The van der Waals surface area contributed by atoms with Gasteiger partial charge in [-0.05, 0) is 209 Å². The third kappa shape index (κ3) is 10.8. The quantitative estimate of drug-likeness (QED) is 0.119. The summed E-state index contributed by atoms with van der Waals surface area (Å²) in [6.07, 6.45) is 20.1. The van der Waals surface area contributed by atoms with Crippen LogP contribution in [0.25, 0.3) is 0 Å². The SMILES string of the molecule is CC(=O)O[C@]1(C(C)=O)CC[C@H]2[C@@H]3C[C@H](C)C4=CC(=O)CC[C@]4(C)[C@H]3CC[C@@]21C.C[C@]12CC[C@@H]3c4ccc(OS(=O)(=O)O)cc4CC[C@H]3[C@@H]1CCC2=O.C[C@]12CC[C@H]3C(=CCc4cc(OS(=O)(=O)O)ccc43)[C@@H]1CCC2=O.[Na].[Na]. The Kier molecular flexibility index (Phi) is 17.6. The third-order valence-corrected chi connectivity index (χ3v) is 22.8. The summed E-state index contributed by atoms with van der Waals surface area (Å²) in [6, 6.07) is 10.4. The standard InChI is InChI=1S/C24H34O4.C18H22O5S.C18H20O5S.2Na/c1-14-12-18-19(22(4)9-6-17(27)13-21(14)22)7-10-23(5)20(18)8-11-24(23,15(2)25)28-16(3)26;2*1-18-9-8-14-13-5-3-12(23-24(20,21)22)10-11(13)2-4-15(14)16(18)6-7-17(18)19;;/h13-14,18-20H,6-12H2,1-5H3;3,5,10,14-16H,2,4,6-9H2,1H3,(H,20,21,22);3-5,10,14,16H,2,6-9H2,1H3,(H,20,21,22);;/t14-,18+,19-,20-,22+,23-,24-;14-,15-,16+,18+;14-,16+,18+;;/m011../s1. The first-order valence-electron chi connectivity index (χ1n) is 27.9. The van der Waals surface area contributed by atoms with Crippen LogP contribution in [-0.2, 0) is 62.3 Å². The molecule has 10 aliphatic carbocycles. The number of aryl methyl sites for hydroxylation is 1. The van der Waals surface area contributed by atoms with E-state index in [4.69, 9.17) is 13.8 Å². The molecular formula is C60H76Na2O14S2. The first-order chi connectivity index (χ1) is 35.6. The van der Waals surface area contributed by atoms with Crippen molar-refractivity contribution < 1.29 is 63.0 Å². The number of fused-ring (bicyclic) bond motifs is 15. The van der Waals surface area contributed by atoms with E-state index in [1.165, 1.54) is 29.2 Å². The van der Waals surface area contributed by atoms with E-state index in [9.17, 15) is 40.8 Å². The maximum atomic E-state index is 12.8. The first kappa shape index (κ1) is 61.6. The molecule has 7 fully saturated rings. The third-order valence-electron chi connectivity index (χ3n) is 22.0. The Morgan fingerprint density at radius 2 is 1.23 bits per heavy atom. The summed E-state index contributed by atoms with van der Waals surface area (Å²) < 4.78 is 76.2. The van der Waals surface area contributed by atoms with Crippen LogP contribution in [0.5, 0.6) is 11.5 Å². The van der Waals surface area contributed by atoms with Crippen LogP contribution in [-0.4, -0.2) is 120 Å². The fraction of sp³-hybridized carbons (Fsp3) is 0.650. The van der Waals surface area contributed by atoms with E-state index in [2.05, 4.69) is 49.1 Å². The number of ether oxygens (including phenoxy) is 1. The zero-order valence-electron chi connectivity index (χ0n) is 47.2. The van der Waals surface area contributed by atoms with Gasteiger partial charge >= 0.3 is 26.8 Å². The van der Waals surface area contributed by atoms with E-state index in [0.29, 0.717) is 90.5 Å². The van der Waals surface area contributed by atoms with Gasteiger partial charge in [0.25, 0.3) is 0 Å². The predicted molar refractivity (Wildman–Crippen MR) is 294 cm³/mol. The van der Waals surface area contributed by atoms with Gasteiger partial charge in [-0.2, -0.15) is 16.8 Å². The zero-order chi connectivity index (χ0) is 54.7. The number of hydrogen-bond donors (Lipinski definition) is 2. The molecule has 18 heteroatoms. The van der Waals surface area contributed by atoms with Crippen molar-refractivity contribution in [1.29, 1.82) is 0 Å². The van der Waals surface area contributed by atoms with Crippen molar-refractivity contribution in [3.05, 3.63) is 82.0 Å². The number of Topliss-reactive ketones (excluding diaryl/α,β-unsaturated/α-hetero) is 3. The van der Waals surface area contributed by atoms with Gasteiger partial charge < -0.3 is 13.1 Å². The van der Waals surface area contributed by atoms with Gasteiger partial charge in [-0.25, -0.2) is 0 Å². The van der Waals surface area contributed by atoms with E-state index in [1.54, 1.807) is 31.2 Å². The summed E-state index contributed by atoms with van der Waals surface area (Å²) in [6.45, 7) is 14.1. The molecule has 10 aliphatic rings. The van der Waals surface area contributed by atoms with Crippen molar-refractivity contribution in [3.8, 4) is 11.5 Å². The zero-order valence-corrected chi connectivity index (χ0v) is 52.8. The number of benzene rings is 2. The Labute approximate surface area is 505 Å². The second-order valence-corrected chi connectivity index (χ2v) is 27.5. The molecule has 0 spiro atoms. The van der Waals surface area contributed by atoms with Gasteiger partial charge in [0.1, 0.15) is 23.1 Å². The van der Waals surface area contributed by atoms with Crippen molar-refractivity contribution in [1.82, 2.24) is 0 Å². The average Bonchev–Trinajstić information content (AvgIpc) is 3.94. The van der Waals surface area contributed by atoms with Crippen LogP contribution in [0.1, 0.15) is 185 Å². The molecule has 0 bridgehead atoms. The topological polar surface area (TPSA) is 222 Å². The minimum atomic E-state index is -4.51. The molecule has 14 nitrogen and oxygen atoms in total. The van der Waals surface area contributed by atoms with Crippen molar-refractivity contribution in [2.24, 2.45) is 63.1 Å². The Morgan fingerprint density at radius 1 is 0.628 bits per heavy atom. The van der Waals surface area contributed by atoms with Gasteiger partial charge in [0.05, 0.1) is 0 Å². The number of rotatable bonds is 6. The molecule has 0 amide bonds. The summed E-state index contributed by atoms with van der Waals surface area (Å²) in [5, 5.41) is 0. The molecule has 0 aromatic heterocycles. The van der Waals surface area contributed by atoms with Crippen LogP contribution in [0.3, 0.4) is 0 Å². The van der Waals surface area contributed by atoms with Crippen molar-refractivity contribution in [2.75, 3.05) is 0 Å². The molecule has 0 saturated heterocycles. The van der Waals surface area contributed by atoms with E-state index >= 15 is 0 Å². The number of allylic oxidation sites excluding steroid dienone is 3. The van der Waals surface area contributed by atoms with Gasteiger partial charge in [-0.3, -0.25) is 33.1 Å². The molecule has 14 atom stereocenters. The molecule has 2 aromatic carbocycles. The maximum Gasteiger partial charge on any atom is 0.446 e. The number of ketones is 4. The molecule has 414 valence electrons. The Balaban J connectivity index is 0.000000153. The van der Waals surface area contributed by atoms with E-state index < -0.39 is 26.4 Å². The number of hydrogen-bond acceptors (Lipinski definition) is 12. The fourth-order valence-corrected chi connectivity index (χ4v) is 19.1. The summed E-state index contributed by atoms with van der Waals surface area (Å²) in [5.74, 6) is 5.05. The van der Waals surface area contributed by atoms with Crippen LogP contribution < -0.4 is 8.37 Å². The minimum Gasteiger partial charge on any atom is -0.451 e. The van der Waals surface area contributed by atoms with E-state index in [1.807, 2.05) is 18.2 Å². The summed E-state index contributed by atoms with van der Waals surface area (Å²) in [4.78, 5) is 61.4. The van der Waals surface area contributed by atoms with Crippen LogP contribution in [0.4, 0.5) is 0 Å². The van der Waals surface area contributed by atoms with Gasteiger partial charge in [0.2, 0.25) is 0 Å². The average molecular weight is 1130 g/mol. The van der Waals surface area contributed by atoms with E-state index in [0.717, 1.165) is 101 Å². The van der Waals surface area contributed by atoms with Gasteiger partial charge in [-0.15, -0.1) is 0 Å². The van der Waals surface area contributed by atoms with Crippen molar-refractivity contribution >= 4 is 109 Å². The van der Waals surface area contributed by atoms with Gasteiger partial charge in [0, 0.05) is 107 Å². The van der Waals surface area contributed by atoms with Crippen molar-refractivity contribution in [2.45, 2.75) is 181 Å². The molecule has 2 aromatic rings. The summed E-state index contributed by atoms with van der Waals surface area (Å²) in [7, 11) is -9.00. The molecule has 2 radical (unpaired) electrons. The monoisotopic (exact) mass is 1130 g/mol. The molecular weight excluding hydrogens is 1050 g/mol. The Morgan fingerprint density at radius 3 is 1.88 bits per heavy atom. The Bertz CT molecular complexity index is 3080. The van der Waals surface area contributed by atoms with Crippen molar-refractivity contribution in [3.63, 3.8) is 0 Å². The second kappa shape index (κ2) is 22.2. The van der Waals surface area contributed by atoms with Gasteiger partial charge in [0.15, 0.2) is 17.2 Å². The van der Waals surface area contributed by atoms with Crippen LogP contribution in [0.15, 0.2) is 59.7 Å². The maximum absolute atomic E-state index is 12.8. The predicted octanol–water partition coefficient (Wildman–Crippen LogP) is 10.4. The molecule has 0 unspecified atom stereocenters. The van der Waals surface area contributed by atoms with Crippen LogP contribution >= 0.6 is 0 Å². The summed E-state index contributed by atoms with van der Waals surface area (Å²) >= 11 is 0. The molecule has 0 aliphatic heterocycles. The number of carbonyl (C=O) groups is 5. The molecule has 0 heterocycles. The molecule has 12 rings (SSSR count). The van der Waals surface area contributed by atoms with Crippen LogP contribution in [0, 0.1) is 63.1 Å². The Hall–Kier alpha value is -2.51. The molecule has 78 heavy (non-hydrogen) atoms.